The van der Waals surface area contributed by atoms with Gasteiger partial charge in [0.1, 0.15) is 4.88 Å². The van der Waals surface area contributed by atoms with Gasteiger partial charge in [-0.2, -0.15) is 0 Å². The van der Waals surface area contributed by atoms with Crippen molar-refractivity contribution in [2.75, 3.05) is 6.54 Å². The number of nitrogens with one attached hydrogen (secondary N) is 1. The quantitative estimate of drug-likeness (QED) is 0.809. The molecule has 1 aromatic heterocycles. The van der Waals surface area contributed by atoms with Crippen LogP contribution in [0, 0.1) is 6.92 Å². The molecule has 1 aromatic rings. The summed E-state index contributed by atoms with van der Waals surface area (Å²) in [4.78, 5) is 16.1. The molecule has 0 saturated carbocycles. The predicted octanol–water partition coefficient (Wildman–Crippen LogP) is 2.20. The fourth-order valence-corrected chi connectivity index (χ4v) is 1.74. The third-order valence-corrected chi connectivity index (χ3v) is 2.80. The minimum atomic E-state index is -0.0621. The number of carbonyl (C=O) groups is 1. The van der Waals surface area contributed by atoms with Crippen LogP contribution in [0.25, 0.3) is 0 Å². The normalized spacial score (nSPS) is 12.5. The summed E-state index contributed by atoms with van der Waals surface area (Å²) in [7, 11) is 0. The molecule has 1 N–H and O–H groups in total. The number of aryl methyl sites for hydroxylation is 1. The SMILES string of the molecule is Cc1ncc(C(=O)NCCC(C)Cl)s1. The second kappa shape index (κ2) is 5.32. The lowest BCUT2D eigenvalue weighted by atomic mass is 10.3. The van der Waals surface area contributed by atoms with Gasteiger partial charge < -0.3 is 5.32 Å². The van der Waals surface area contributed by atoms with E-state index in [9.17, 15) is 4.79 Å². The molecule has 1 rings (SSSR count). The fourth-order valence-electron chi connectivity index (χ4n) is 0.938. The molecule has 0 spiro atoms. The van der Waals surface area contributed by atoms with Crippen molar-refractivity contribution in [2.24, 2.45) is 0 Å². The van der Waals surface area contributed by atoms with Gasteiger partial charge in [0.2, 0.25) is 0 Å². The van der Waals surface area contributed by atoms with Crippen LogP contribution in [0.1, 0.15) is 28.0 Å². The molecule has 0 radical (unpaired) electrons. The predicted molar refractivity (Wildman–Crippen MR) is 59.1 cm³/mol. The van der Waals surface area contributed by atoms with Gasteiger partial charge in [0, 0.05) is 11.9 Å². The highest BCUT2D eigenvalue weighted by atomic mass is 35.5. The molecule has 0 bridgehead atoms. The standard InChI is InChI=1S/C9H13ClN2OS/c1-6(10)3-4-11-9(13)8-5-12-7(2)14-8/h5-6H,3-4H2,1-2H3,(H,11,13). The largest absolute Gasteiger partial charge is 0.351 e. The van der Waals surface area contributed by atoms with Crippen molar-refractivity contribution in [1.82, 2.24) is 10.3 Å². The molecular formula is C9H13ClN2OS. The molecule has 0 fully saturated rings. The van der Waals surface area contributed by atoms with E-state index >= 15 is 0 Å². The monoisotopic (exact) mass is 232 g/mol. The number of aromatic nitrogens is 1. The number of rotatable bonds is 4. The third kappa shape index (κ3) is 3.64. The molecule has 1 unspecified atom stereocenters. The zero-order chi connectivity index (χ0) is 10.6. The molecule has 0 aliphatic rings. The molecule has 1 atom stereocenters. The Morgan fingerprint density at radius 1 is 1.79 bits per heavy atom. The summed E-state index contributed by atoms with van der Waals surface area (Å²) in [6.45, 7) is 4.40. The van der Waals surface area contributed by atoms with Crippen molar-refractivity contribution < 1.29 is 4.79 Å². The average molecular weight is 233 g/mol. The van der Waals surface area contributed by atoms with Gasteiger partial charge in [-0.15, -0.1) is 22.9 Å². The highest BCUT2D eigenvalue weighted by Crippen LogP contribution is 2.10. The summed E-state index contributed by atoms with van der Waals surface area (Å²) in [5, 5.41) is 3.79. The van der Waals surface area contributed by atoms with Crippen LogP contribution in [-0.4, -0.2) is 22.8 Å². The summed E-state index contributed by atoms with van der Waals surface area (Å²) in [5.74, 6) is -0.0621. The van der Waals surface area contributed by atoms with E-state index in [1.54, 1.807) is 6.20 Å². The Labute approximate surface area is 92.5 Å². The Kier molecular flexibility index (Phi) is 4.35. The summed E-state index contributed by atoms with van der Waals surface area (Å²) in [6.07, 6.45) is 2.38. The molecule has 14 heavy (non-hydrogen) atoms. The molecule has 0 aliphatic heterocycles. The first-order valence-electron chi connectivity index (χ1n) is 4.44. The van der Waals surface area contributed by atoms with Crippen molar-refractivity contribution in [3.8, 4) is 0 Å². The molecule has 0 aromatic carbocycles. The summed E-state index contributed by atoms with van der Waals surface area (Å²) < 4.78 is 0. The van der Waals surface area contributed by atoms with Crippen molar-refractivity contribution in [2.45, 2.75) is 25.6 Å². The van der Waals surface area contributed by atoms with Crippen molar-refractivity contribution in [1.29, 1.82) is 0 Å². The Bertz CT molecular complexity index is 312. The first-order valence-corrected chi connectivity index (χ1v) is 5.69. The molecule has 0 saturated heterocycles. The van der Waals surface area contributed by atoms with Crippen LogP contribution >= 0.6 is 22.9 Å². The number of halogens is 1. The van der Waals surface area contributed by atoms with Crippen LogP contribution in [0.2, 0.25) is 0 Å². The van der Waals surface area contributed by atoms with Crippen LogP contribution < -0.4 is 5.32 Å². The maximum absolute atomic E-state index is 11.5. The van der Waals surface area contributed by atoms with E-state index in [1.165, 1.54) is 11.3 Å². The lowest BCUT2D eigenvalue weighted by molar-refractivity contribution is 0.0957. The Hall–Kier alpha value is -0.610. The van der Waals surface area contributed by atoms with Crippen LogP contribution in [0.15, 0.2) is 6.20 Å². The highest BCUT2D eigenvalue weighted by Gasteiger charge is 2.08. The minimum Gasteiger partial charge on any atom is -0.351 e. The van der Waals surface area contributed by atoms with E-state index in [4.69, 9.17) is 11.6 Å². The van der Waals surface area contributed by atoms with Crippen LogP contribution in [0.5, 0.6) is 0 Å². The minimum absolute atomic E-state index is 0.0621. The number of hydrogen-bond acceptors (Lipinski definition) is 3. The zero-order valence-electron chi connectivity index (χ0n) is 8.21. The van der Waals surface area contributed by atoms with E-state index in [1.807, 2.05) is 13.8 Å². The van der Waals surface area contributed by atoms with E-state index in [2.05, 4.69) is 10.3 Å². The van der Waals surface area contributed by atoms with Gasteiger partial charge >= 0.3 is 0 Å². The average Bonchev–Trinajstić information content (AvgIpc) is 2.51. The number of amides is 1. The van der Waals surface area contributed by atoms with Gasteiger partial charge in [0.05, 0.1) is 11.2 Å². The molecule has 1 amide bonds. The maximum atomic E-state index is 11.5. The zero-order valence-corrected chi connectivity index (χ0v) is 9.78. The van der Waals surface area contributed by atoms with Crippen molar-refractivity contribution in [3.05, 3.63) is 16.1 Å². The molecule has 3 nitrogen and oxygen atoms in total. The second-order valence-corrected chi connectivity index (χ2v) is 5.05. The Balaban J connectivity index is 2.36. The topological polar surface area (TPSA) is 42.0 Å². The number of carbonyl (C=O) groups excluding carboxylic acids is 1. The van der Waals surface area contributed by atoms with Gasteiger partial charge in [-0.1, -0.05) is 0 Å². The summed E-state index contributed by atoms with van der Waals surface area (Å²) >= 11 is 7.15. The van der Waals surface area contributed by atoms with Crippen LogP contribution in [-0.2, 0) is 0 Å². The van der Waals surface area contributed by atoms with Gasteiger partial charge in [-0.05, 0) is 20.3 Å². The molecule has 1 heterocycles. The molecule has 5 heteroatoms. The molecule has 0 aliphatic carbocycles. The summed E-state index contributed by atoms with van der Waals surface area (Å²) in [5.41, 5.74) is 0. The number of hydrogen-bond donors (Lipinski definition) is 1. The highest BCUT2D eigenvalue weighted by molar-refractivity contribution is 7.13. The molecular weight excluding hydrogens is 220 g/mol. The molecule has 78 valence electrons. The first-order chi connectivity index (χ1) is 6.59. The van der Waals surface area contributed by atoms with Gasteiger partial charge in [0.15, 0.2) is 0 Å². The second-order valence-electron chi connectivity index (χ2n) is 3.07. The van der Waals surface area contributed by atoms with E-state index < -0.39 is 0 Å². The van der Waals surface area contributed by atoms with E-state index in [0.717, 1.165) is 11.4 Å². The van der Waals surface area contributed by atoms with Crippen LogP contribution in [0.4, 0.5) is 0 Å². The van der Waals surface area contributed by atoms with Crippen molar-refractivity contribution >= 4 is 28.8 Å². The number of nitrogens with zero attached hydrogens (tertiary/aromatic N) is 1. The smallest absolute Gasteiger partial charge is 0.263 e. The number of alkyl halides is 1. The fraction of sp³-hybridized carbons (Fsp3) is 0.556. The van der Waals surface area contributed by atoms with E-state index in [0.29, 0.717) is 11.4 Å². The Morgan fingerprint density at radius 2 is 2.50 bits per heavy atom. The Morgan fingerprint density at radius 3 is 3.00 bits per heavy atom. The van der Waals surface area contributed by atoms with Gasteiger partial charge in [-0.25, -0.2) is 4.98 Å². The van der Waals surface area contributed by atoms with Gasteiger partial charge in [0.25, 0.3) is 5.91 Å². The summed E-state index contributed by atoms with van der Waals surface area (Å²) in [6, 6.07) is 0. The third-order valence-electron chi connectivity index (χ3n) is 1.67. The number of thiazole rings is 1. The van der Waals surface area contributed by atoms with E-state index in [-0.39, 0.29) is 11.3 Å². The van der Waals surface area contributed by atoms with Crippen LogP contribution in [0.3, 0.4) is 0 Å². The maximum Gasteiger partial charge on any atom is 0.263 e. The lowest BCUT2D eigenvalue weighted by Crippen LogP contribution is -2.24. The lowest BCUT2D eigenvalue weighted by Gasteiger charge is -2.03. The van der Waals surface area contributed by atoms with Crippen molar-refractivity contribution in [3.63, 3.8) is 0 Å². The van der Waals surface area contributed by atoms with Gasteiger partial charge in [-0.3, -0.25) is 4.79 Å². The first kappa shape index (κ1) is 11.5.